The van der Waals surface area contributed by atoms with Crippen LogP contribution in [0.1, 0.15) is 99.8 Å². The second-order valence-corrected chi connectivity index (χ2v) is 18.9. The van der Waals surface area contributed by atoms with Gasteiger partial charge in [-0.1, -0.05) is 26.2 Å². The average molecular weight is 655 g/mol. The first-order valence-electron chi connectivity index (χ1n) is 14.5. The van der Waals surface area contributed by atoms with Crippen molar-refractivity contribution >= 4 is 37.8 Å². The lowest BCUT2D eigenvalue weighted by molar-refractivity contribution is -0.000413. The maximum absolute atomic E-state index is 11.2. The summed E-state index contributed by atoms with van der Waals surface area (Å²) in [5, 5.41) is -0.501. The molecule has 0 aromatic heterocycles. The molecule has 40 heavy (non-hydrogen) atoms. The van der Waals surface area contributed by atoms with Gasteiger partial charge in [0, 0.05) is 38.6 Å². The van der Waals surface area contributed by atoms with E-state index in [1.54, 1.807) is 0 Å². The van der Waals surface area contributed by atoms with Gasteiger partial charge in [-0.15, -0.1) is 0 Å². The van der Waals surface area contributed by atoms with E-state index in [4.69, 9.17) is 35.7 Å². The highest BCUT2D eigenvalue weighted by Gasteiger charge is 2.66. The summed E-state index contributed by atoms with van der Waals surface area (Å²) in [6, 6.07) is 0. The van der Waals surface area contributed by atoms with Gasteiger partial charge in [0.1, 0.15) is 0 Å². The van der Waals surface area contributed by atoms with Crippen LogP contribution in [0.15, 0.2) is 0 Å². The average Bonchev–Trinajstić information content (AvgIpc) is 2.80. The van der Waals surface area contributed by atoms with Crippen molar-refractivity contribution in [2.45, 2.75) is 117 Å². The minimum absolute atomic E-state index is 0.198. The van der Waals surface area contributed by atoms with E-state index in [2.05, 4.69) is 6.92 Å². The summed E-state index contributed by atoms with van der Waals surface area (Å²) in [6.45, 7) is 14.3. The Morgan fingerprint density at radius 1 is 0.575 bits per heavy atom. The second kappa shape index (κ2) is 20.1. The first-order chi connectivity index (χ1) is 18.6. The molecule has 2 N–H and O–H groups in total. The largest absolute Gasteiger partial charge is 0.508 e. The van der Waals surface area contributed by atoms with Crippen LogP contribution in [0.2, 0.25) is 5.16 Å². The minimum atomic E-state index is -4.10. The normalized spacial score (nSPS) is 15.7. The smallest absolute Gasteiger partial charge is 0.374 e. The molecule has 0 fully saturated rings. The summed E-state index contributed by atoms with van der Waals surface area (Å²) in [5.74, 6) is -0.752. The molecular weight excluding hydrogens is 601 g/mol. The van der Waals surface area contributed by atoms with Crippen molar-refractivity contribution in [3.8, 4) is 0 Å². The van der Waals surface area contributed by atoms with Gasteiger partial charge in [0.05, 0.1) is 16.7 Å². The Hall–Kier alpha value is 0.0138. The molecule has 0 aliphatic carbocycles. The van der Waals surface area contributed by atoms with Crippen LogP contribution in [0.25, 0.3) is 0 Å². The summed E-state index contributed by atoms with van der Waals surface area (Å²) in [6.07, 6.45) is 3.49. The van der Waals surface area contributed by atoms with Gasteiger partial charge in [-0.3, -0.25) is 9.11 Å². The Morgan fingerprint density at radius 3 is 1.20 bits per heavy atom. The molecule has 0 aliphatic rings. The molecule has 2 unspecified atom stereocenters. The molecule has 0 heterocycles. The number of rotatable bonds is 26. The van der Waals surface area contributed by atoms with Crippen molar-refractivity contribution in [1.82, 2.24) is 0 Å². The molecule has 0 aliphatic heterocycles. The monoisotopic (exact) mass is 654 g/mol. The molecule has 2 atom stereocenters. The van der Waals surface area contributed by atoms with Crippen molar-refractivity contribution in [3.63, 3.8) is 0 Å². The van der Waals surface area contributed by atoms with Crippen molar-refractivity contribution in [2.75, 3.05) is 37.9 Å². The van der Waals surface area contributed by atoms with Crippen LogP contribution in [-0.4, -0.2) is 93.7 Å². The molecule has 0 aromatic rings. The molecule has 12 nitrogen and oxygen atoms in total. The van der Waals surface area contributed by atoms with Gasteiger partial charge in [-0.2, -0.15) is 16.8 Å². The maximum Gasteiger partial charge on any atom is 0.508 e. The summed E-state index contributed by atoms with van der Waals surface area (Å²) in [7, 11) is -15.5. The summed E-state index contributed by atoms with van der Waals surface area (Å²) in [4.78, 5) is 0. The molecule has 16 heteroatoms. The maximum atomic E-state index is 11.2. The van der Waals surface area contributed by atoms with Crippen molar-refractivity contribution in [1.29, 1.82) is 0 Å². The molecular formula is C24H54O12S2Si2. The van der Waals surface area contributed by atoms with E-state index in [1.165, 1.54) is 0 Å². The lowest BCUT2D eigenvalue weighted by Gasteiger charge is -2.44. The van der Waals surface area contributed by atoms with Crippen LogP contribution in [0.3, 0.4) is 0 Å². The fourth-order valence-corrected chi connectivity index (χ4v) is 14.4. The predicted molar refractivity (Wildman–Crippen MR) is 158 cm³/mol. The van der Waals surface area contributed by atoms with E-state index >= 15 is 0 Å². The van der Waals surface area contributed by atoms with E-state index in [-0.39, 0.29) is 24.3 Å². The Kier molecular flexibility index (Phi) is 20.1. The summed E-state index contributed by atoms with van der Waals surface area (Å²) in [5.41, 5.74) is 0. The van der Waals surface area contributed by atoms with Crippen LogP contribution < -0.4 is 0 Å². The quantitative estimate of drug-likeness (QED) is 0.0755. The lowest BCUT2D eigenvalue weighted by Crippen LogP contribution is -2.65. The van der Waals surface area contributed by atoms with E-state index in [9.17, 15) is 16.8 Å². The van der Waals surface area contributed by atoms with E-state index in [1.807, 2.05) is 41.5 Å². The topological polar surface area (TPSA) is 164 Å². The van der Waals surface area contributed by atoms with E-state index < -0.39 is 55.2 Å². The molecule has 0 bridgehead atoms. The van der Waals surface area contributed by atoms with E-state index in [0.29, 0.717) is 45.7 Å². The van der Waals surface area contributed by atoms with Crippen LogP contribution in [0, 0.1) is 0 Å². The van der Waals surface area contributed by atoms with Crippen LogP contribution in [0.5, 0.6) is 0 Å². The Bertz CT molecular complexity index is 795. The van der Waals surface area contributed by atoms with Crippen molar-refractivity contribution in [3.05, 3.63) is 0 Å². The zero-order valence-corrected chi connectivity index (χ0v) is 29.1. The third kappa shape index (κ3) is 16.0. The molecule has 0 amide bonds. The fraction of sp³-hybridized carbons (Fsp3) is 1.00. The summed E-state index contributed by atoms with van der Waals surface area (Å²) < 4.78 is 102. The fourth-order valence-electron chi connectivity index (χ4n) is 4.54. The second-order valence-electron chi connectivity index (χ2n) is 9.70. The Morgan fingerprint density at radius 2 is 0.925 bits per heavy atom. The molecule has 0 aromatic carbocycles. The van der Waals surface area contributed by atoms with Gasteiger partial charge >= 0.3 is 17.6 Å². The number of hydrogen-bond donors (Lipinski definition) is 2. The molecule has 0 radical (unpaired) electrons. The van der Waals surface area contributed by atoms with Gasteiger partial charge in [0.2, 0.25) is 0 Å². The molecule has 0 saturated carbocycles. The molecule has 242 valence electrons. The predicted octanol–water partition coefficient (Wildman–Crippen LogP) is 4.65. The Balaban J connectivity index is 6.57. The first-order valence-corrected chi connectivity index (χ1v) is 21.3. The highest BCUT2D eigenvalue weighted by atomic mass is 32.2. The highest BCUT2D eigenvalue weighted by Crippen LogP contribution is 2.42. The third-order valence-electron chi connectivity index (χ3n) is 6.09. The van der Waals surface area contributed by atoms with Gasteiger partial charge in [-0.05, 0) is 73.6 Å². The molecule has 0 rings (SSSR count). The SMILES string of the molecule is CCCCCC([Si](OCC)(OCC)OC(C)CCCS(=O)(=O)O)[Si](OCC)(OCC)OC(C)CCCS(=O)(=O)O. The van der Waals surface area contributed by atoms with Gasteiger partial charge in [0.15, 0.2) is 0 Å². The summed E-state index contributed by atoms with van der Waals surface area (Å²) >= 11 is 0. The lowest BCUT2D eigenvalue weighted by atomic mass is 10.2. The molecule has 0 saturated heterocycles. The number of hydrogen-bond acceptors (Lipinski definition) is 10. The van der Waals surface area contributed by atoms with Gasteiger partial charge in [-0.25, -0.2) is 0 Å². The Labute approximate surface area is 245 Å². The first kappa shape index (κ1) is 40.0. The zero-order valence-electron chi connectivity index (χ0n) is 25.4. The van der Waals surface area contributed by atoms with Gasteiger partial charge in [0.25, 0.3) is 20.2 Å². The van der Waals surface area contributed by atoms with Crippen LogP contribution in [0.4, 0.5) is 0 Å². The van der Waals surface area contributed by atoms with Crippen molar-refractivity contribution < 1.29 is 52.5 Å². The standard InChI is InChI=1S/C24H54O12S2Si2/c1-8-13-14-19-24(39(31-9-2,32-10-3)35-22(6)17-15-20-37(25,26)27)40(33-11-4,34-12-5)36-23(7)18-16-21-38(28,29)30/h22-24H,8-21H2,1-7H3,(H,25,26,27)(H,28,29,30). The third-order valence-corrected chi connectivity index (χ3v) is 16.3. The van der Waals surface area contributed by atoms with E-state index in [0.717, 1.165) is 19.3 Å². The number of unbranched alkanes of at least 4 members (excludes halogenated alkanes) is 2. The van der Waals surface area contributed by atoms with Crippen LogP contribution >= 0.6 is 0 Å². The van der Waals surface area contributed by atoms with Crippen LogP contribution in [-0.2, 0) is 46.8 Å². The zero-order chi connectivity index (χ0) is 30.9. The van der Waals surface area contributed by atoms with Gasteiger partial charge < -0.3 is 26.6 Å². The minimum Gasteiger partial charge on any atom is -0.374 e. The highest BCUT2D eigenvalue weighted by molar-refractivity contribution is 7.86. The van der Waals surface area contributed by atoms with Crippen molar-refractivity contribution in [2.24, 2.45) is 0 Å². The molecule has 0 spiro atoms.